The van der Waals surface area contributed by atoms with Crippen molar-refractivity contribution in [2.75, 3.05) is 0 Å². The van der Waals surface area contributed by atoms with E-state index in [1.165, 1.54) is 0 Å². The third-order valence-corrected chi connectivity index (χ3v) is 2.92. The Morgan fingerprint density at radius 1 is 1.53 bits per heavy atom. The number of carbonyl (C=O) groups excluding carboxylic acids is 1. The Labute approximate surface area is 120 Å². The van der Waals surface area contributed by atoms with Crippen LogP contribution in [0.25, 0.3) is 5.65 Å². The maximum absolute atomic E-state index is 11.5. The van der Waals surface area contributed by atoms with E-state index < -0.39 is 11.7 Å². The first-order chi connectivity index (χ1) is 8.85. The summed E-state index contributed by atoms with van der Waals surface area (Å²) in [6, 6.07) is 3.84. The largest absolute Gasteiger partial charge is 0.444 e. The number of nitrogens with one attached hydrogen (secondary N) is 1. The van der Waals surface area contributed by atoms with Crippen molar-refractivity contribution in [2.24, 2.45) is 0 Å². The van der Waals surface area contributed by atoms with Gasteiger partial charge in [-0.3, -0.25) is 0 Å². The van der Waals surface area contributed by atoms with Crippen molar-refractivity contribution in [3.63, 3.8) is 0 Å². The SMILES string of the molecule is CC(C)(C)OC(=O)NCc1cn2cccc(Br)c2n1. The van der Waals surface area contributed by atoms with Crippen LogP contribution in [0.1, 0.15) is 26.5 Å². The van der Waals surface area contributed by atoms with Crippen molar-refractivity contribution >= 4 is 27.7 Å². The van der Waals surface area contributed by atoms with Crippen molar-refractivity contribution in [3.8, 4) is 0 Å². The van der Waals surface area contributed by atoms with E-state index in [2.05, 4.69) is 26.2 Å². The number of halogens is 1. The van der Waals surface area contributed by atoms with Gasteiger partial charge in [0.15, 0.2) is 5.65 Å². The number of hydrogen-bond donors (Lipinski definition) is 1. The molecule has 19 heavy (non-hydrogen) atoms. The molecule has 0 fully saturated rings. The van der Waals surface area contributed by atoms with Crippen LogP contribution in [0.4, 0.5) is 4.79 Å². The van der Waals surface area contributed by atoms with Gasteiger partial charge in [0.25, 0.3) is 0 Å². The highest BCUT2D eigenvalue weighted by molar-refractivity contribution is 9.10. The van der Waals surface area contributed by atoms with Gasteiger partial charge in [-0.25, -0.2) is 9.78 Å². The number of alkyl carbamates (subject to hydrolysis) is 1. The minimum atomic E-state index is -0.494. The van der Waals surface area contributed by atoms with Crippen molar-refractivity contribution < 1.29 is 9.53 Å². The molecule has 2 aromatic heterocycles. The predicted molar refractivity (Wildman–Crippen MR) is 76.0 cm³/mol. The second-order valence-corrected chi connectivity index (χ2v) is 6.03. The first-order valence-electron chi connectivity index (χ1n) is 5.94. The van der Waals surface area contributed by atoms with E-state index in [0.717, 1.165) is 15.8 Å². The number of aromatic nitrogens is 2. The summed E-state index contributed by atoms with van der Waals surface area (Å²) in [5, 5.41) is 2.68. The topological polar surface area (TPSA) is 55.6 Å². The number of fused-ring (bicyclic) bond motifs is 1. The van der Waals surface area contributed by atoms with Crippen LogP contribution >= 0.6 is 15.9 Å². The third kappa shape index (κ3) is 3.70. The van der Waals surface area contributed by atoms with Crippen LogP contribution in [0.2, 0.25) is 0 Å². The number of carbonyl (C=O) groups is 1. The van der Waals surface area contributed by atoms with Crippen LogP contribution in [0.15, 0.2) is 29.0 Å². The van der Waals surface area contributed by atoms with E-state index in [4.69, 9.17) is 4.74 Å². The molecular weight excluding hydrogens is 310 g/mol. The maximum Gasteiger partial charge on any atom is 0.407 e. The highest BCUT2D eigenvalue weighted by Crippen LogP contribution is 2.16. The zero-order valence-electron chi connectivity index (χ0n) is 11.1. The molecule has 0 bridgehead atoms. The predicted octanol–water partition coefficient (Wildman–Crippen LogP) is 3.12. The van der Waals surface area contributed by atoms with Gasteiger partial charge in [-0.15, -0.1) is 0 Å². The van der Waals surface area contributed by atoms with Crippen LogP contribution < -0.4 is 5.32 Å². The highest BCUT2D eigenvalue weighted by Gasteiger charge is 2.16. The summed E-state index contributed by atoms with van der Waals surface area (Å²) in [7, 11) is 0. The number of amides is 1. The molecule has 0 aliphatic rings. The van der Waals surface area contributed by atoms with Crippen LogP contribution in [-0.4, -0.2) is 21.1 Å². The summed E-state index contributed by atoms with van der Waals surface area (Å²) in [6.45, 7) is 5.82. The fraction of sp³-hybridized carbons (Fsp3) is 0.385. The van der Waals surface area contributed by atoms with Crippen LogP contribution in [0.5, 0.6) is 0 Å². The van der Waals surface area contributed by atoms with E-state index in [0.29, 0.717) is 6.54 Å². The molecule has 1 N–H and O–H groups in total. The molecule has 0 saturated heterocycles. The molecule has 0 aliphatic carbocycles. The van der Waals surface area contributed by atoms with Gasteiger partial charge in [-0.05, 0) is 48.8 Å². The lowest BCUT2D eigenvalue weighted by atomic mass is 10.2. The molecule has 2 aromatic rings. The molecule has 2 rings (SSSR count). The lowest BCUT2D eigenvalue weighted by molar-refractivity contribution is 0.0523. The van der Waals surface area contributed by atoms with Crippen molar-refractivity contribution in [2.45, 2.75) is 32.9 Å². The molecular formula is C13H16BrN3O2. The maximum atomic E-state index is 11.5. The molecule has 0 radical (unpaired) electrons. The highest BCUT2D eigenvalue weighted by atomic mass is 79.9. The van der Waals surface area contributed by atoms with Crippen LogP contribution in [0, 0.1) is 0 Å². The van der Waals surface area contributed by atoms with Gasteiger partial charge in [0.1, 0.15) is 5.60 Å². The Kier molecular flexibility index (Phi) is 3.80. The van der Waals surface area contributed by atoms with Crippen molar-refractivity contribution in [1.29, 1.82) is 0 Å². The fourth-order valence-corrected chi connectivity index (χ4v) is 2.04. The number of rotatable bonds is 2. The first-order valence-corrected chi connectivity index (χ1v) is 6.73. The van der Waals surface area contributed by atoms with Gasteiger partial charge in [-0.2, -0.15) is 0 Å². The fourth-order valence-electron chi connectivity index (χ4n) is 1.59. The molecule has 102 valence electrons. The Bertz CT molecular complexity index is 601. The number of nitrogens with zero attached hydrogens (tertiary/aromatic N) is 2. The Hall–Kier alpha value is -1.56. The van der Waals surface area contributed by atoms with Crippen molar-refractivity contribution in [1.82, 2.24) is 14.7 Å². The molecule has 5 nitrogen and oxygen atoms in total. The van der Waals surface area contributed by atoms with Gasteiger partial charge >= 0.3 is 6.09 Å². The number of ether oxygens (including phenoxy) is 1. The molecule has 1 amide bonds. The van der Waals surface area contributed by atoms with Crippen LogP contribution in [0.3, 0.4) is 0 Å². The molecule has 0 aliphatic heterocycles. The summed E-state index contributed by atoms with van der Waals surface area (Å²) in [5.74, 6) is 0. The van der Waals surface area contributed by atoms with E-state index in [-0.39, 0.29) is 0 Å². The average molecular weight is 326 g/mol. The van der Waals surface area contributed by atoms with E-state index >= 15 is 0 Å². The normalized spacial score (nSPS) is 11.6. The molecule has 2 heterocycles. The van der Waals surface area contributed by atoms with Gasteiger partial charge in [0.05, 0.1) is 16.7 Å². The molecule has 0 atom stereocenters. The molecule has 0 saturated carbocycles. The summed E-state index contributed by atoms with van der Waals surface area (Å²) >= 11 is 3.43. The first kappa shape index (κ1) is 13.9. The summed E-state index contributed by atoms with van der Waals surface area (Å²) in [4.78, 5) is 16.0. The molecule has 0 spiro atoms. The van der Waals surface area contributed by atoms with Gasteiger partial charge in [-0.1, -0.05) is 0 Å². The van der Waals surface area contributed by atoms with Gasteiger partial charge < -0.3 is 14.5 Å². The van der Waals surface area contributed by atoms with Gasteiger partial charge in [0, 0.05) is 12.4 Å². The second-order valence-electron chi connectivity index (χ2n) is 5.17. The third-order valence-electron chi connectivity index (χ3n) is 2.30. The lowest BCUT2D eigenvalue weighted by Gasteiger charge is -2.19. The van der Waals surface area contributed by atoms with Crippen molar-refractivity contribution in [3.05, 3.63) is 34.7 Å². The summed E-state index contributed by atoms with van der Waals surface area (Å²) < 4.78 is 7.98. The standard InChI is InChI=1S/C13H16BrN3O2/c1-13(2,3)19-12(18)15-7-9-8-17-6-4-5-10(14)11(17)16-9/h4-6,8H,7H2,1-3H3,(H,15,18). The molecule has 6 heteroatoms. The summed E-state index contributed by atoms with van der Waals surface area (Å²) in [6.07, 6.45) is 3.34. The second kappa shape index (κ2) is 5.21. The lowest BCUT2D eigenvalue weighted by Crippen LogP contribution is -2.32. The molecule has 0 aromatic carbocycles. The monoisotopic (exact) mass is 325 g/mol. The van der Waals surface area contributed by atoms with E-state index in [9.17, 15) is 4.79 Å². The summed E-state index contributed by atoms with van der Waals surface area (Å²) in [5.41, 5.74) is 1.10. The Balaban J connectivity index is 2.02. The minimum absolute atomic E-state index is 0.336. The van der Waals surface area contributed by atoms with Gasteiger partial charge in [0.2, 0.25) is 0 Å². The number of hydrogen-bond acceptors (Lipinski definition) is 3. The number of imidazole rings is 1. The molecule has 0 unspecified atom stereocenters. The average Bonchev–Trinajstić information content (AvgIpc) is 2.68. The number of pyridine rings is 1. The Morgan fingerprint density at radius 3 is 2.89 bits per heavy atom. The van der Waals surface area contributed by atoms with Crippen LogP contribution in [-0.2, 0) is 11.3 Å². The quantitative estimate of drug-likeness (QED) is 0.922. The van der Waals surface area contributed by atoms with E-state index in [1.54, 1.807) is 0 Å². The minimum Gasteiger partial charge on any atom is -0.444 e. The van der Waals surface area contributed by atoms with E-state index in [1.807, 2.05) is 49.7 Å². The zero-order valence-corrected chi connectivity index (χ0v) is 12.7. The zero-order chi connectivity index (χ0) is 14.0. The Morgan fingerprint density at radius 2 is 2.26 bits per heavy atom. The smallest absolute Gasteiger partial charge is 0.407 e.